The third kappa shape index (κ3) is 4.70. The van der Waals surface area contributed by atoms with E-state index in [0.29, 0.717) is 17.3 Å². The molecule has 1 aromatic carbocycles. The van der Waals surface area contributed by atoms with E-state index < -0.39 is 23.5 Å². The third-order valence-electron chi connectivity index (χ3n) is 3.23. The van der Waals surface area contributed by atoms with Crippen LogP contribution in [0.25, 0.3) is 0 Å². The van der Waals surface area contributed by atoms with Crippen LogP contribution < -0.4 is 5.73 Å². The average Bonchev–Trinajstić information content (AvgIpc) is 2.48. The first-order chi connectivity index (χ1) is 11.2. The van der Waals surface area contributed by atoms with Crippen LogP contribution in [0.1, 0.15) is 21.5 Å². The summed E-state index contributed by atoms with van der Waals surface area (Å²) in [5, 5.41) is 0. The second kappa shape index (κ2) is 7.21. The zero-order chi connectivity index (χ0) is 17.9. The molecule has 0 saturated heterocycles. The number of hydrogen-bond donors (Lipinski definition) is 1. The number of nitrogen functional groups attached to an aromatic ring is 1. The van der Waals surface area contributed by atoms with Gasteiger partial charge in [0, 0.05) is 17.5 Å². The number of aryl methyl sites for hydroxylation is 1. The number of anilines is 1. The van der Waals surface area contributed by atoms with Crippen LogP contribution in [0.15, 0.2) is 35.4 Å². The molecule has 0 amide bonds. The molecular formula is C16H14F4N2OS. The molecule has 0 aliphatic carbocycles. The van der Waals surface area contributed by atoms with Crippen LogP contribution in [0.5, 0.6) is 0 Å². The lowest BCUT2D eigenvalue weighted by Crippen LogP contribution is -2.11. The summed E-state index contributed by atoms with van der Waals surface area (Å²) in [6.45, 7) is 1.52. The summed E-state index contributed by atoms with van der Waals surface area (Å²) in [7, 11) is 0. The highest BCUT2D eigenvalue weighted by Crippen LogP contribution is 2.31. The summed E-state index contributed by atoms with van der Waals surface area (Å²) in [5.74, 6) is -2.14. The number of carbonyl (C=O) groups is 1. The lowest BCUT2D eigenvalue weighted by atomic mass is 10.0. The zero-order valence-electron chi connectivity index (χ0n) is 12.7. The van der Waals surface area contributed by atoms with Crippen molar-refractivity contribution in [3.8, 4) is 0 Å². The Balaban J connectivity index is 2.24. The maximum absolute atomic E-state index is 14.1. The van der Waals surface area contributed by atoms with Crippen LogP contribution in [-0.2, 0) is 6.42 Å². The van der Waals surface area contributed by atoms with Crippen LogP contribution in [0.2, 0.25) is 0 Å². The van der Waals surface area contributed by atoms with Gasteiger partial charge in [0.15, 0.2) is 5.78 Å². The number of nitrogens with two attached hydrogens (primary N) is 1. The molecule has 2 aromatic rings. The van der Waals surface area contributed by atoms with Gasteiger partial charge in [-0.15, -0.1) is 11.8 Å². The van der Waals surface area contributed by atoms with Gasteiger partial charge in [-0.25, -0.2) is 9.37 Å². The van der Waals surface area contributed by atoms with Crippen molar-refractivity contribution in [1.29, 1.82) is 0 Å². The fourth-order valence-electron chi connectivity index (χ4n) is 2.07. The largest absolute Gasteiger partial charge is 0.398 e. The number of halogens is 4. The van der Waals surface area contributed by atoms with Gasteiger partial charge < -0.3 is 5.73 Å². The second-order valence-corrected chi connectivity index (χ2v) is 6.17. The van der Waals surface area contributed by atoms with Crippen LogP contribution in [0.4, 0.5) is 23.4 Å². The minimum Gasteiger partial charge on any atom is -0.383 e. The number of nitrogens with zero attached hydrogens (tertiary/aromatic N) is 1. The van der Waals surface area contributed by atoms with Gasteiger partial charge in [0.05, 0.1) is 11.3 Å². The highest BCUT2D eigenvalue weighted by Gasteiger charge is 2.27. The fourth-order valence-corrected chi connectivity index (χ4v) is 2.90. The minimum absolute atomic E-state index is 0.0264. The normalized spacial score (nSPS) is 11.5. The van der Waals surface area contributed by atoms with Gasteiger partial charge in [-0.3, -0.25) is 4.79 Å². The molecule has 0 fully saturated rings. The standard InChI is InChI=1S/C16H14F4N2OS/c1-9-5-12(17)10(7-14(9)24-8-16(18,19)20)6-13(23)11-3-2-4-22-15(11)21/h2-5,7H,6,8H2,1H3,(H2,21,22). The van der Waals surface area contributed by atoms with E-state index >= 15 is 0 Å². The molecule has 1 heterocycles. The SMILES string of the molecule is Cc1cc(F)c(CC(=O)c2cccnc2N)cc1SCC(F)(F)F. The van der Waals surface area contributed by atoms with E-state index in [-0.39, 0.29) is 28.3 Å². The molecule has 0 unspecified atom stereocenters. The Morgan fingerprint density at radius 2 is 2.04 bits per heavy atom. The number of Topliss-reactive ketones (excluding diaryl/α,β-unsaturated/α-hetero) is 1. The molecule has 0 bridgehead atoms. The summed E-state index contributed by atoms with van der Waals surface area (Å²) in [6.07, 6.45) is -3.21. The number of ketones is 1. The van der Waals surface area contributed by atoms with Crippen molar-refractivity contribution in [2.45, 2.75) is 24.4 Å². The number of pyridine rings is 1. The summed E-state index contributed by atoms with van der Waals surface area (Å²) < 4.78 is 51.1. The van der Waals surface area contributed by atoms with Gasteiger partial charge in [0.1, 0.15) is 11.6 Å². The first-order valence-electron chi connectivity index (χ1n) is 6.89. The maximum atomic E-state index is 14.1. The Morgan fingerprint density at radius 1 is 1.33 bits per heavy atom. The maximum Gasteiger partial charge on any atom is 0.398 e. The van der Waals surface area contributed by atoms with Crippen LogP contribution >= 0.6 is 11.8 Å². The van der Waals surface area contributed by atoms with Crippen molar-refractivity contribution in [2.24, 2.45) is 0 Å². The molecule has 3 nitrogen and oxygen atoms in total. The highest BCUT2D eigenvalue weighted by atomic mass is 32.2. The Kier molecular flexibility index (Phi) is 5.48. The Hall–Kier alpha value is -2.09. The molecule has 0 aliphatic heterocycles. The van der Waals surface area contributed by atoms with E-state index in [1.54, 1.807) is 0 Å². The first-order valence-corrected chi connectivity index (χ1v) is 7.88. The van der Waals surface area contributed by atoms with Gasteiger partial charge in [-0.2, -0.15) is 13.2 Å². The number of alkyl halides is 3. The second-order valence-electron chi connectivity index (χ2n) is 5.15. The third-order valence-corrected chi connectivity index (χ3v) is 4.45. The van der Waals surface area contributed by atoms with E-state index in [4.69, 9.17) is 5.73 Å². The molecule has 24 heavy (non-hydrogen) atoms. The molecule has 128 valence electrons. The number of benzene rings is 1. The van der Waals surface area contributed by atoms with E-state index in [1.807, 2.05) is 0 Å². The smallest absolute Gasteiger partial charge is 0.383 e. The van der Waals surface area contributed by atoms with Crippen molar-refractivity contribution in [3.05, 3.63) is 53.0 Å². The van der Waals surface area contributed by atoms with E-state index in [2.05, 4.69) is 4.98 Å². The van der Waals surface area contributed by atoms with Crippen molar-refractivity contribution in [2.75, 3.05) is 11.5 Å². The fraction of sp³-hybridized carbons (Fsp3) is 0.250. The first kappa shape index (κ1) is 18.3. The lowest BCUT2D eigenvalue weighted by molar-refractivity contribution is -0.105. The molecule has 0 saturated carbocycles. The van der Waals surface area contributed by atoms with Gasteiger partial charge in [0.25, 0.3) is 0 Å². The minimum atomic E-state index is -4.33. The van der Waals surface area contributed by atoms with Crippen LogP contribution in [0.3, 0.4) is 0 Å². The lowest BCUT2D eigenvalue weighted by Gasteiger charge is -2.11. The molecule has 1 aromatic heterocycles. The van der Waals surface area contributed by atoms with Gasteiger partial charge in [-0.05, 0) is 42.3 Å². The molecule has 0 spiro atoms. The monoisotopic (exact) mass is 358 g/mol. The van der Waals surface area contributed by atoms with Gasteiger partial charge in [-0.1, -0.05) is 0 Å². The van der Waals surface area contributed by atoms with Crippen molar-refractivity contribution < 1.29 is 22.4 Å². The predicted molar refractivity (Wildman–Crippen MR) is 84.6 cm³/mol. The van der Waals surface area contributed by atoms with E-state index in [0.717, 1.165) is 6.07 Å². The Morgan fingerprint density at radius 3 is 2.67 bits per heavy atom. The van der Waals surface area contributed by atoms with Crippen LogP contribution in [0, 0.1) is 12.7 Å². The number of carbonyl (C=O) groups excluding carboxylic acids is 1. The highest BCUT2D eigenvalue weighted by molar-refractivity contribution is 7.99. The number of thioether (sulfide) groups is 1. The number of rotatable bonds is 5. The molecule has 2 N–H and O–H groups in total. The average molecular weight is 358 g/mol. The number of aromatic nitrogens is 1. The summed E-state index contributed by atoms with van der Waals surface area (Å²) in [5.41, 5.74) is 6.18. The molecule has 0 radical (unpaired) electrons. The van der Waals surface area contributed by atoms with Crippen LogP contribution in [-0.4, -0.2) is 22.7 Å². The predicted octanol–water partition coefficient (Wildman–Crippen LogP) is 4.19. The van der Waals surface area contributed by atoms with Gasteiger partial charge >= 0.3 is 6.18 Å². The summed E-state index contributed by atoms with van der Waals surface area (Å²) in [4.78, 5) is 16.3. The Labute approximate surface area is 140 Å². The molecular weight excluding hydrogens is 344 g/mol. The van der Waals surface area contributed by atoms with Gasteiger partial charge in [0.2, 0.25) is 0 Å². The zero-order valence-corrected chi connectivity index (χ0v) is 13.5. The molecule has 0 atom stereocenters. The topological polar surface area (TPSA) is 56.0 Å². The number of hydrogen-bond acceptors (Lipinski definition) is 4. The van der Waals surface area contributed by atoms with Crippen molar-refractivity contribution in [1.82, 2.24) is 4.98 Å². The Bertz CT molecular complexity index is 762. The summed E-state index contributed by atoms with van der Waals surface area (Å²) in [6, 6.07) is 5.41. The van der Waals surface area contributed by atoms with E-state index in [9.17, 15) is 22.4 Å². The molecule has 2 rings (SSSR count). The van der Waals surface area contributed by atoms with Crippen molar-refractivity contribution in [3.63, 3.8) is 0 Å². The molecule has 8 heteroatoms. The molecule has 0 aliphatic rings. The van der Waals surface area contributed by atoms with Crippen molar-refractivity contribution >= 4 is 23.4 Å². The van der Waals surface area contributed by atoms with E-state index in [1.165, 1.54) is 31.3 Å². The quantitative estimate of drug-likeness (QED) is 0.495. The summed E-state index contributed by atoms with van der Waals surface area (Å²) >= 11 is 0.563.